The summed E-state index contributed by atoms with van der Waals surface area (Å²) in [7, 11) is 0. The number of benzene rings is 2. The SMILES string of the molecule is CCOc1c(Cl)cc(OCC)c2c1ccn2C(=O)OCc1ccccc1. The number of fused-ring (bicyclic) bond motifs is 1. The summed E-state index contributed by atoms with van der Waals surface area (Å²) in [6.07, 6.45) is 1.15. The zero-order valence-electron chi connectivity index (χ0n) is 14.7. The summed E-state index contributed by atoms with van der Waals surface area (Å²) in [5.41, 5.74) is 1.50. The lowest BCUT2D eigenvalue weighted by Crippen LogP contribution is -2.13. The van der Waals surface area contributed by atoms with Crippen molar-refractivity contribution in [3.05, 3.63) is 59.2 Å². The van der Waals surface area contributed by atoms with Gasteiger partial charge >= 0.3 is 6.09 Å². The minimum atomic E-state index is -0.491. The third-order valence-electron chi connectivity index (χ3n) is 3.83. The molecular formula is C20H20ClNO4. The van der Waals surface area contributed by atoms with Crippen molar-refractivity contribution >= 4 is 28.6 Å². The van der Waals surface area contributed by atoms with Crippen molar-refractivity contribution in [1.29, 1.82) is 0 Å². The normalized spacial score (nSPS) is 10.7. The maximum Gasteiger partial charge on any atom is 0.418 e. The lowest BCUT2D eigenvalue weighted by atomic mass is 10.2. The zero-order chi connectivity index (χ0) is 18.5. The maximum absolute atomic E-state index is 12.6. The molecule has 0 N–H and O–H groups in total. The number of hydrogen-bond acceptors (Lipinski definition) is 4. The average Bonchev–Trinajstić information content (AvgIpc) is 3.09. The largest absolute Gasteiger partial charge is 0.492 e. The quantitative estimate of drug-likeness (QED) is 0.590. The Labute approximate surface area is 157 Å². The van der Waals surface area contributed by atoms with E-state index in [1.165, 1.54) is 4.57 Å². The van der Waals surface area contributed by atoms with E-state index in [1.807, 2.05) is 44.2 Å². The molecule has 0 amide bonds. The van der Waals surface area contributed by atoms with Crippen LogP contribution in [-0.4, -0.2) is 23.9 Å². The molecular weight excluding hydrogens is 354 g/mol. The van der Waals surface area contributed by atoms with Crippen molar-refractivity contribution in [2.24, 2.45) is 0 Å². The summed E-state index contributed by atoms with van der Waals surface area (Å²) in [6, 6.07) is 13.0. The van der Waals surface area contributed by atoms with E-state index in [9.17, 15) is 4.79 Å². The van der Waals surface area contributed by atoms with Crippen LogP contribution in [0.25, 0.3) is 10.9 Å². The third kappa shape index (κ3) is 3.63. The molecule has 0 atom stereocenters. The molecule has 1 aromatic heterocycles. The van der Waals surface area contributed by atoms with Crippen LogP contribution in [0.4, 0.5) is 4.79 Å². The Morgan fingerprint density at radius 1 is 1.08 bits per heavy atom. The number of carbonyl (C=O) groups is 1. The molecule has 0 saturated carbocycles. The van der Waals surface area contributed by atoms with Gasteiger partial charge in [-0.1, -0.05) is 41.9 Å². The Bertz CT molecular complexity index is 905. The fourth-order valence-electron chi connectivity index (χ4n) is 2.74. The predicted molar refractivity (Wildman–Crippen MR) is 101 cm³/mol. The predicted octanol–water partition coefficient (Wildman–Crippen LogP) is 5.28. The Balaban J connectivity index is 1.97. The molecule has 0 aliphatic heterocycles. The number of hydrogen-bond donors (Lipinski definition) is 0. The summed E-state index contributed by atoms with van der Waals surface area (Å²) in [5, 5.41) is 1.15. The van der Waals surface area contributed by atoms with Gasteiger partial charge in [0.2, 0.25) is 0 Å². The molecule has 3 rings (SSSR count). The molecule has 136 valence electrons. The number of carbonyl (C=O) groups excluding carboxylic acids is 1. The van der Waals surface area contributed by atoms with E-state index in [0.717, 1.165) is 5.56 Å². The summed E-state index contributed by atoms with van der Waals surface area (Å²) < 4.78 is 18.2. The highest BCUT2D eigenvalue weighted by molar-refractivity contribution is 6.33. The Morgan fingerprint density at radius 2 is 1.81 bits per heavy atom. The minimum Gasteiger partial charge on any atom is -0.492 e. The first-order chi connectivity index (χ1) is 12.7. The molecule has 0 radical (unpaired) electrons. The van der Waals surface area contributed by atoms with Crippen LogP contribution in [0.1, 0.15) is 19.4 Å². The fourth-order valence-corrected chi connectivity index (χ4v) is 3.00. The molecule has 1 heterocycles. The molecule has 2 aromatic carbocycles. The van der Waals surface area contributed by atoms with Gasteiger partial charge in [-0.3, -0.25) is 0 Å². The van der Waals surface area contributed by atoms with Crippen molar-refractivity contribution in [3.63, 3.8) is 0 Å². The van der Waals surface area contributed by atoms with Crippen LogP contribution in [-0.2, 0) is 11.3 Å². The van der Waals surface area contributed by atoms with E-state index in [4.69, 9.17) is 25.8 Å². The van der Waals surface area contributed by atoms with Gasteiger partial charge in [-0.2, -0.15) is 0 Å². The van der Waals surface area contributed by atoms with Crippen LogP contribution < -0.4 is 9.47 Å². The molecule has 6 heteroatoms. The van der Waals surface area contributed by atoms with E-state index in [2.05, 4.69) is 0 Å². The summed E-state index contributed by atoms with van der Waals surface area (Å²) >= 11 is 6.32. The van der Waals surface area contributed by atoms with E-state index in [1.54, 1.807) is 18.3 Å². The number of aromatic nitrogens is 1. The van der Waals surface area contributed by atoms with Gasteiger partial charge in [-0.15, -0.1) is 0 Å². The molecule has 3 aromatic rings. The average molecular weight is 374 g/mol. The second kappa shape index (κ2) is 8.15. The lowest BCUT2D eigenvalue weighted by Gasteiger charge is -2.14. The van der Waals surface area contributed by atoms with Crippen LogP contribution in [0.2, 0.25) is 5.02 Å². The smallest absolute Gasteiger partial charge is 0.418 e. The monoisotopic (exact) mass is 373 g/mol. The first kappa shape index (κ1) is 18.1. The lowest BCUT2D eigenvalue weighted by molar-refractivity contribution is 0.142. The minimum absolute atomic E-state index is 0.190. The van der Waals surface area contributed by atoms with E-state index in [-0.39, 0.29) is 6.61 Å². The van der Waals surface area contributed by atoms with E-state index < -0.39 is 6.09 Å². The molecule has 26 heavy (non-hydrogen) atoms. The molecule has 0 saturated heterocycles. The maximum atomic E-state index is 12.6. The van der Waals surface area contributed by atoms with E-state index >= 15 is 0 Å². The highest BCUT2D eigenvalue weighted by Crippen LogP contribution is 2.40. The van der Waals surface area contributed by atoms with Gasteiger partial charge in [0.25, 0.3) is 0 Å². The van der Waals surface area contributed by atoms with E-state index in [0.29, 0.717) is 40.6 Å². The topological polar surface area (TPSA) is 49.7 Å². The van der Waals surface area contributed by atoms with Crippen LogP contribution in [0.5, 0.6) is 11.5 Å². The summed E-state index contributed by atoms with van der Waals surface area (Å²) in [5.74, 6) is 1.04. The molecule has 5 nitrogen and oxygen atoms in total. The van der Waals surface area contributed by atoms with Gasteiger partial charge in [-0.05, 0) is 25.5 Å². The Morgan fingerprint density at radius 3 is 2.50 bits per heavy atom. The molecule has 0 fully saturated rings. The Kier molecular flexibility index (Phi) is 5.68. The number of rotatable bonds is 6. The fraction of sp³-hybridized carbons (Fsp3) is 0.250. The van der Waals surface area contributed by atoms with Crippen LogP contribution in [0.15, 0.2) is 48.7 Å². The van der Waals surface area contributed by atoms with Gasteiger partial charge in [0.15, 0.2) is 0 Å². The van der Waals surface area contributed by atoms with Crippen molar-refractivity contribution in [3.8, 4) is 11.5 Å². The second-order valence-corrected chi connectivity index (χ2v) is 5.95. The number of nitrogens with zero attached hydrogens (tertiary/aromatic N) is 1. The third-order valence-corrected chi connectivity index (χ3v) is 4.11. The van der Waals surface area contributed by atoms with Crippen molar-refractivity contribution in [2.45, 2.75) is 20.5 Å². The van der Waals surface area contributed by atoms with Gasteiger partial charge in [0.1, 0.15) is 23.6 Å². The van der Waals surface area contributed by atoms with Crippen LogP contribution in [0.3, 0.4) is 0 Å². The van der Waals surface area contributed by atoms with Gasteiger partial charge in [0, 0.05) is 17.6 Å². The van der Waals surface area contributed by atoms with Crippen LogP contribution >= 0.6 is 11.6 Å². The van der Waals surface area contributed by atoms with Crippen LogP contribution in [0, 0.1) is 0 Å². The summed E-state index contributed by atoms with van der Waals surface area (Å²) in [4.78, 5) is 12.6. The highest BCUT2D eigenvalue weighted by atomic mass is 35.5. The molecule has 0 aliphatic rings. The highest BCUT2D eigenvalue weighted by Gasteiger charge is 2.20. The van der Waals surface area contributed by atoms with Crippen molar-refractivity contribution in [1.82, 2.24) is 4.57 Å². The molecule has 0 bridgehead atoms. The van der Waals surface area contributed by atoms with Crippen molar-refractivity contribution < 1.29 is 19.0 Å². The van der Waals surface area contributed by atoms with Crippen molar-refractivity contribution in [2.75, 3.05) is 13.2 Å². The standard InChI is InChI=1S/C20H20ClNO4/c1-3-24-17-12-16(21)19(25-4-2)15-10-11-22(18(15)17)20(23)26-13-14-8-6-5-7-9-14/h5-12H,3-4,13H2,1-2H3. The summed E-state index contributed by atoms with van der Waals surface area (Å²) in [6.45, 7) is 4.85. The number of ether oxygens (including phenoxy) is 3. The molecule has 0 aliphatic carbocycles. The molecule has 0 unspecified atom stereocenters. The first-order valence-corrected chi connectivity index (χ1v) is 8.83. The second-order valence-electron chi connectivity index (χ2n) is 5.54. The van der Waals surface area contributed by atoms with Gasteiger partial charge < -0.3 is 14.2 Å². The van der Waals surface area contributed by atoms with Gasteiger partial charge in [-0.25, -0.2) is 9.36 Å². The first-order valence-electron chi connectivity index (χ1n) is 8.45. The molecule has 0 spiro atoms. The number of halogens is 1. The zero-order valence-corrected chi connectivity index (χ0v) is 15.5. The Hall–Kier alpha value is -2.66. The van der Waals surface area contributed by atoms with Gasteiger partial charge in [0.05, 0.1) is 18.2 Å².